The Morgan fingerprint density at radius 1 is 1.06 bits per heavy atom. The predicted molar refractivity (Wildman–Crippen MR) is 131 cm³/mol. The van der Waals surface area contributed by atoms with Crippen LogP contribution in [0.15, 0.2) is 77.9 Å². The van der Waals surface area contributed by atoms with Crippen molar-refractivity contribution >= 4 is 51.1 Å². The lowest BCUT2D eigenvalue weighted by Crippen LogP contribution is -2.18. The van der Waals surface area contributed by atoms with Crippen molar-refractivity contribution in [3.05, 3.63) is 93.8 Å². The fourth-order valence-corrected chi connectivity index (χ4v) is 4.50. The van der Waals surface area contributed by atoms with Crippen LogP contribution in [0.1, 0.15) is 32.5 Å². The van der Waals surface area contributed by atoms with E-state index in [1.807, 2.05) is 31.2 Å². The largest absolute Gasteiger partial charge is 0.493 e. The molecular formula is C25H19ClN2O4S. The second kappa shape index (κ2) is 10.3. The number of fused-ring (bicyclic) bond motifs is 1. The van der Waals surface area contributed by atoms with Crippen LogP contribution < -0.4 is 14.9 Å². The maximum Gasteiger partial charge on any atom is 0.355 e. The summed E-state index contributed by atoms with van der Waals surface area (Å²) in [7, 11) is 0. The van der Waals surface area contributed by atoms with Crippen LogP contribution in [0, 0.1) is 0 Å². The molecular weight excluding hydrogens is 460 g/mol. The van der Waals surface area contributed by atoms with Gasteiger partial charge in [-0.3, -0.25) is 4.79 Å². The Labute approximate surface area is 199 Å². The summed E-state index contributed by atoms with van der Waals surface area (Å²) in [4.78, 5) is 25.4. The molecule has 4 aromatic rings. The highest BCUT2D eigenvalue weighted by molar-refractivity contribution is 7.21. The molecule has 0 saturated carbocycles. The van der Waals surface area contributed by atoms with Crippen LogP contribution in [0.25, 0.3) is 10.1 Å². The van der Waals surface area contributed by atoms with E-state index in [2.05, 4.69) is 10.5 Å². The van der Waals surface area contributed by atoms with Crippen LogP contribution in [-0.2, 0) is 0 Å². The van der Waals surface area contributed by atoms with E-state index in [9.17, 15) is 9.59 Å². The zero-order chi connectivity index (χ0) is 23.2. The molecule has 0 aliphatic heterocycles. The maximum atomic E-state index is 12.7. The number of hydrogen-bond acceptors (Lipinski definition) is 6. The van der Waals surface area contributed by atoms with E-state index in [1.54, 1.807) is 48.5 Å². The van der Waals surface area contributed by atoms with Gasteiger partial charge in [0.15, 0.2) is 0 Å². The van der Waals surface area contributed by atoms with Gasteiger partial charge in [0, 0.05) is 10.1 Å². The molecule has 33 heavy (non-hydrogen) atoms. The average Bonchev–Trinajstić information content (AvgIpc) is 3.17. The van der Waals surface area contributed by atoms with Gasteiger partial charge in [-0.1, -0.05) is 54.1 Å². The minimum Gasteiger partial charge on any atom is -0.493 e. The highest BCUT2D eigenvalue weighted by Crippen LogP contribution is 2.35. The number of benzene rings is 3. The van der Waals surface area contributed by atoms with Crippen molar-refractivity contribution < 1.29 is 19.1 Å². The van der Waals surface area contributed by atoms with Gasteiger partial charge in [0.05, 0.1) is 23.4 Å². The number of nitrogens with one attached hydrogen (secondary N) is 1. The van der Waals surface area contributed by atoms with Crippen LogP contribution >= 0.6 is 22.9 Å². The number of carbonyl (C=O) groups excluding carboxylic acids is 2. The number of nitrogens with zero attached hydrogens (tertiary/aromatic N) is 1. The highest BCUT2D eigenvalue weighted by Gasteiger charge is 2.19. The number of amides is 1. The van der Waals surface area contributed by atoms with E-state index in [0.29, 0.717) is 39.1 Å². The summed E-state index contributed by atoms with van der Waals surface area (Å²) in [5.41, 5.74) is 3.51. The van der Waals surface area contributed by atoms with Gasteiger partial charge in [0.2, 0.25) is 0 Å². The Morgan fingerprint density at radius 3 is 2.67 bits per heavy atom. The molecule has 0 unspecified atom stereocenters. The van der Waals surface area contributed by atoms with E-state index in [-0.39, 0.29) is 0 Å². The van der Waals surface area contributed by atoms with E-state index in [0.717, 1.165) is 10.1 Å². The van der Waals surface area contributed by atoms with E-state index in [4.69, 9.17) is 21.1 Å². The molecule has 8 heteroatoms. The first-order valence-corrected chi connectivity index (χ1v) is 11.3. The van der Waals surface area contributed by atoms with Gasteiger partial charge in [-0.2, -0.15) is 5.10 Å². The van der Waals surface area contributed by atoms with Gasteiger partial charge < -0.3 is 9.47 Å². The Balaban J connectivity index is 1.43. The van der Waals surface area contributed by atoms with Crippen molar-refractivity contribution in [1.29, 1.82) is 0 Å². The summed E-state index contributed by atoms with van der Waals surface area (Å²) >= 11 is 7.65. The summed E-state index contributed by atoms with van der Waals surface area (Å²) in [5.74, 6) is -0.0968. The molecule has 0 atom stereocenters. The molecule has 0 radical (unpaired) electrons. The van der Waals surface area contributed by atoms with E-state index < -0.39 is 11.9 Å². The number of thiophene rings is 1. The van der Waals surface area contributed by atoms with Gasteiger partial charge in [-0.15, -0.1) is 11.3 Å². The maximum absolute atomic E-state index is 12.7. The summed E-state index contributed by atoms with van der Waals surface area (Å²) in [5, 5.41) is 5.20. The van der Waals surface area contributed by atoms with Crippen LogP contribution in [0.5, 0.6) is 11.5 Å². The number of hydrazone groups is 1. The van der Waals surface area contributed by atoms with Crippen LogP contribution in [0.2, 0.25) is 5.02 Å². The molecule has 0 fully saturated rings. The molecule has 4 rings (SSSR count). The fraction of sp³-hybridized carbons (Fsp3) is 0.0800. The minimum absolute atomic E-state index is 0.338. The molecule has 0 saturated heterocycles. The lowest BCUT2D eigenvalue weighted by Gasteiger charge is -2.08. The zero-order valence-electron chi connectivity index (χ0n) is 17.6. The van der Waals surface area contributed by atoms with Crippen molar-refractivity contribution in [2.24, 2.45) is 5.10 Å². The average molecular weight is 479 g/mol. The van der Waals surface area contributed by atoms with Gasteiger partial charge >= 0.3 is 5.97 Å². The third-order valence-electron chi connectivity index (χ3n) is 4.60. The Morgan fingerprint density at radius 2 is 1.85 bits per heavy atom. The molecule has 1 N–H and O–H groups in total. The second-order valence-electron chi connectivity index (χ2n) is 6.83. The van der Waals surface area contributed by atoms with Crippen molar-refractivity contribution in [3.8, 4) is 11.5 Å². The smallest absolute Gasteiger partial charge is 0.355 e. The molecule has 6 nitrogen and oxygen atoms in total. The van der Waals surface area contributed by atoms with Gasteiger partial charge in [0.1, 0.15) is 16.4 Å². The molecule has 0 aliphatic carbocycles. The monoisotopic (exact) mass is 478 g/mol. The normalized spacial score (nSPS) is 11.0. The number of para-hydroxylation sites is 1. The van der Waals surface area contributed by atoms with Crippen molar-refractivity contribution in [2.45, 2.75) is 6.92 Å². The van der Waals surface area contributed by atoms with Crippen molar-refractivity contribution in [1.82, 2.24) is 5.43 Å². The first-order valence-electron chi connectivity index (χ1n) is 10.1. The van der Waals surface area contributed by atoms with Crippen LogP contribution in [-0.4, -0.2) is 24.7 Å². The Kier molecular flexibility index (Phi) is 7.02. The highest BCUT2D eigenvalue weighted by atomic mass is 35.5. The second-order valence-corrected chi connectivity index (χ2v) is 8.26. The van der Waals surface area contributed by atoms with Gasteiger partial charge in [-0.25, -0.2) is 10.2 Å². The number of carbonyl (C=O) groups is 2. The number of ether oxygens (including phenoxy) is 2. The quantitative estimate of drug-likeness (QED) is 0.154. The first kappa shape index (κ1) is 22.5. The zero-order valence-corrected chi connectivity index (χ0v) is 19.2. The van der Waals surface area contributed by atoms with Crippen LogP contribution in [0.4, 0.5) is 0 Å². The van der Waals surface area contributed by atoms with Crippen LogP contribution in [0.3, 0.4) is 0 Å². The first-order chi connectivity index (χ1) is 16.1. The van der Waals surface area contributed by atoms with Crippen molar-refractivity contribution in [3.63, 3.8) is 0 Å². The fourth-order valence-electron chi connectivity index (χ4n) is 3.12. The third kappa shape index (κ3) is 5.22. The summed E-state index contributed by atoms with van der Waals surface area (Å²) in [6, 6.07) is 21.3. The van der Waals surface area contributed by atoms with E-state index in [1.165, 1.54) is 17.6 Å². The summed E-state index contributed by atoms with van der Waals surface area (Å²) in [6.45, 7) is 2.30. The minimum atomic E-state index is -0.531. The molecule has 0 aliphatic rings. The number of esters is 1. The molecule has 0 spiro atoms. The molecule has 1 aromatic heterocycles. The SMILES string of the molecule is CCOc1ccccc1C(=O)N/N=C\c1cccc(OC(=O)c2sc3ccccc3c2Cl)c1. The topological polar surface area (TPSA) is 77.0 Å². The molecule has 3 aromatic carbocycles. The van der Waals surface area contributed by atoms with Gasteiger partial charge in [-0.05, 0) is 42.8 Å². The number of halogens is 1. The predicted octanol–water partition coefficient (Wildman–Crippen LogP) is 5.94. The molecule has 0 bridgehead atoms. The Hall–Kier alpha value is -3.68. The lowest BCUT2D eigenvalue weighted by atomic mass is 10.2. The summed E-state index contributed by atoms with van der Waals surface area (Å²) < 4.78 is 11.9. The Bertz CT molecular complexity index is 1350. The third-order valence-corrected chi connectivity index (χ3v) is 6.26. The molecule has 166 valence electrons. The molecule has 1 amide bonds. The summed E-state index contributed by atoms with van der Waals surface area (Å²) in [6.07, 6.45) is 1.46. The van der Waals surface area contributed by atoms with Crippen molar-refractivity contribution in [2.75, 3.05) is 6.61 Å². The molecule has 1 heterocycles. The number of hydrogen-bond donors (Lipinski definition) is 1. The lowest BCUT2D eigenvalue weighted by molar-refractivity contribution is 0.0739. The van der Waals surface area contributed by atoms with Gasteiger partial charge in [0.25, 0.3) is 5.91 Å². The number of rotatable bonds is 7. The standard InChI is InChI=1S/C25H19ClN2O4S/c1-2-31-20-12-5-3-10-18(20)24(29)28-27-15-16-8-7-9-17(14-16)32-25(30)23-22(26)19-11-4-6-13-21(19)33-23/h3-15H,2H2,1H3,(H,28,29)/b27-15-. The van der Waals surface area contributed by atoms with E-state index >= 15 is 0 Å².